The highest BCUT2D eigenvalue weighted by molar-refractivity contribution is 5.73. The molecule has 0 aromatic heterocycles. The lowest BCUT2D eigenvalue weighted by Gasteiger charge is -2.24. The van der Waals surface area contributed by atoms with Gasteiger partial charge in [-0.05, 0) is 11.5 Å². The second kappa shape index (κ2) is 5.66. The number of carbonyl (C=O) groups excluding carboxylic acids is 1. The quantitative estimate of drug-likeness (QED) is 0.794. The topological polar surface area (TPSA) is 46.5 Å². The van der Waals surface area contributed by atoms with E-state index in [0.29, 0.717) is 0 Å². The summed E-state index contributed by atoms with van der Waals surface area (Å²) >= 11 is 0. The van der Waals surface area contributed by atoms with E-state index < -0.39 is 12.0 Å². The van der Waals surface area contributed by atoms with Crippen LogP contribution in [0.15, 0.2) is 30.3 Å². The largest absolute Gasteiger partial charge is 0.469 e. The van der Waals surface area contributed by atoms with Gasteiger partial charge in [0.15, 0.2) is 0 Å². The van der Waals surface area contributed by atoms with Crippen LogP contribution in [0.5, 0.6) is 0 Å². The molecule has 0 amide bonds. The van der Waals surface area contributed by atoms with Gasteiger partial charge in [-0.1, -0.05) is 44.2 Å². The first-order chi connectivity index (χ1) is 7.57. The first kappa shape index (κ1) is 12.7. The molecule has 0 aliphatic carbocycles. The van der Waals surface area contributed by atoms with Crippen molar-refractivity contribution in [2.45, 2.75) is 20.0 Å². The van der Waals surface area contributed by atoms with E-state index in [4.69, 9.17) is 4.74 Å². The van der Waals surface area contributed by atoms with Crippen LogP contribution in [0.4, 0.5) is 0 Å². The van der Waals surface area contributed by atoms with Crippen LogP contribution in [0.3, 0.4) is 0 Å². The van der Waals surface area contributed by atoms with Crippen molar-refractivity contribution in [1.82, 2.24) is 0 Å². The third-order valence-corrected chi connectivity index (χ3v) is 2.67. The number of aliphatic hydroxyl groups is 1. The molecule has 0 heterocycles. The molecule has 16 heavy (non-hydrogen) atoms. The number of rotatable bonds is 4. The van der Waals surface area contributed by atoms with E-state index >= 15 is 0 Å². The van der Waals surface area contributed by atoms with Gasteiger partial charge in [0.2, 0.25) is 0 Å². The van der Waals surface area contributed by atoms with Crippen molar-refractivity contribution in [1.29, 1.82) is 0 Å². The Bertz CT molecular complexity index is 332. The van der Waals surface area contributed by atoms with Crippen LogP contribution in [0.25, 0.3) is 0 Å². The molecule has 88 valence electrons. The Morgan fingerprint density at radius 2 is 1.81 bits per heavy atom. The lowest BCUT2D eigenvalue weighted by atomic mass is 9.86. The maximum absolute atomic E-state index is 11.6. The molecule has 3 heteroatoms. The second-order valence-electron chi connectivity index (χ2n) is 4.15. The Morgan fingerprint density at radius 1 is 1.25 bits per heavy atom. The summed E-state index contributed by atoms with van der Waals surface area (Å²) in [5.41, 5.74) is 0.742. The standard InChI is InChI=1S/C13H18O3/c1-9(2)11(13(15)16-3)12(14)10-7-5-4-6-8-10/h4-9,11-12,14H,1-3H3/t11-,12-/m1/s1. The first-order valence-corrected chi connectivity index (χ1v) is 5.38. The van der Waals surface area contributed by atoms with Crippen LogP contribution < -0.4 is 0 Å². The van der Waals surface area contributed by atoms with Crippen molar-refractivity contribution in [2.75, 3.05) is 7.11 Å². The zero-order valence-corrected chi connectivity index (χ0v) is 9.88. The van der Waals surface area contributed by atoms with Gasteiger partial charge in [-0.2, -0.15) is 0 Å². The van der Waals surface area contributed by atoms with Gasteiger partial charge in [0.1, 0.15) is 0 Å². The molecule has 1 rings (SSSR count). The molecule has 0 fully saturated rings. The van der Waals surface area contributed by atoms with Crippen molar-refractivity contribution in [3.8, 4) is 0 Å². The van der Waals surface area contributed by atoms with Gasteiger partial charge in [0.25, 0.3) is 0 Å². The molecule has 0 aliphatic heterocycles. The zero-order chi connectivity index (χ0) is 12.1. The minimum atomic E-state index is -0.811. The predicted octanol–water partition coefficient (Wildman–Crippen LogP) is 2.17. The highest BCUT2D eigenvalue weighted by Gasteiger charge is 2.31. The minimum absolute atomic E-state index is 0.0302. The number of carbonyl (C=O) groups is 1. The van der Waals surface area contributed by atoms with E-state index in [1.54, 1.807) is 0 Å². The maximum atomic E-state index is 11.6. The fourth-order valence-corrected chi connectivity index (χ4v) is 1.76. The molecular formula is C13H18O3. The van der Waals surface area contributed by atoms with Gasteiger partial charge in [-0.3, -0.25) is 4.79 Å². The number of hydrogen-bond acceptors (Lipinski definition) is 3. The highest BCUT2D eigenvalue weighted by Crippen LogP contribution is 2.28. The Hall–Kier alpha value is -1.35. The molecule has 0 spiro atoms. The molecule has 0 aliphatic rings. The molecule has 0 saturated carbocycles. The van der Waals surface area contributed by atoms with Crippen molar-refractivity contribution < 1.29 is 14.6 Å². The predicted molar refractivity (Wildman–Crippen MR) is 61.7 cm³/mol. The Morgan fingerprint density at radius 3 is 2.25 bits per heavy atom. The molecule has 0 bridgehead atoms. The Balaban J connectivity index is 2.92. The summed E-state index contributed by atoms with van der Waals surface area (Å²) in [5, 5.41) is 10.2. The van der Waals surface area contributed by atoms with Gasteiger partial charge in [0.05, 0.1) is 19.1 Å². The molecular weight excluding hydrogens is 204 g/mol. The molecule has 1 aromatic carbocycles. The number of hydrogen-bond donors (Lipinski definition) is 1. The van der Waals surface area contributed by atoms with Gasteiger partial charge in [0, 0.05) is 0 Å². The summed E-state index contributed by atoms with van der Waals surface area (Å²) < 4.78 is 4.72. The fraction of sp³-hybridized carbons (Fsp3) is 0.462. The van der Waals surface area contributed by atoms with E-state index in [1.807, 2.05) is 44.2 Å². The van der Waals surface area contributed by atoms with Crippen molar-refractivity contribution in [2.24, 2.45) is 11.8 Å². The Labute approximate surface area is 96.1 Å². The van der Waals surface area contributed by atoms with E-state index in [0.717, 1.165) is 5.56 Å². The van der Waals surface area contributed by atoms with Crippen molar-refractivity contribution in [3.63, 3.8) is 0 Å². The number of esters is 1. The number of benzene rings is 1. The van der Waals surface area contributed by atoms with Crippen LogP contribution in [0.2, 0.25) is 0 Å². The molecule has 0 radical (unpaired) electrons. The average Bonchev–Trinajstić information content (AvgIpc) is 2.29. The third-order valence-electron chi connectivity index (χ3n) is 2.67. The van der Waals surface area contributed by atoms with Crippen molar-refractivity contribution >= 4 is 5.97 Å². The van der Waals surface area contributed by atoms with Crippen LogP contribution in [-0.4, -0.2) is 18.2 Å². The summed E-state index contributed by atoms with van der Waals surface area (Å²) in [4.78, 5) is 11.6. The van der Waals surface area contributed by atoms with Crippen LogP contribution in [0, 0.1) is 11.8 Å². The number of methoxy groups -OCH3 is 1. The Kier molecular flexibility index (Phi) is 4.50. The van der Waals surface area contributed by atoms with Gasteiger partial charge in [-0.15, -0.1) is 0 Å². The van der Waals surface area contributed by atoms with Crippen LogP contribution >= 0.6 is 0 Å². The summed E-state index contributed by atoms with van der Waals surface area (Å²) in [6.45, 7) is 3.79. The minimum Gasteiger partial charge on any atom is -0.469 e. The van der Waals surface area contributed by atoms with E-state index in [9.17, 15) is 9.90 Å². The maximum Gasteiger partial charge on any atom is 0.311 e. The van der Waals surface area contributed by atoms with Crippen molar-refractivity contribution in [3.05, 3.63) is 35.9 Å². The molecule has 1 aromatic rings. The fourth-order valence-electron chi connectivity index (χ4n) is 1.76. The normalized spacial score (nSPS) is 14.6. The summed E-state index contributed by atoms with van der Waals surface area (Å²) in [6.07, 6.45) is -0.811. The summed E-state index contributed by atoms with van der Waals surface area (Å²) in [6, 6.07) is 9.17. The lowest BCUT2D eigenvalue weighted by molar-refractivity contribution is -0.152. The van der Waals surface area contributed by atoms with Gasteiger partial charge >= 0.3 is 5.97 Å². The molecule has 2 atom stereocenters. The first-order valence-electron chi connectivity index (χ1n) is 5.38. The number of aliphatic hydroxyl groups excluding tert-OH is 1. The smallest absolute Gasteiger partial charge is 0.311 e. The second-order valence-corrected chi connectivity index (χ2v) is 4.15. The summed E-state index contributed by atoms with van der Waals surface area (Å²) in [5.74, 6) is -0.860. The average molecular weight is 222 g/mol. The van der Waals surface area contributed by atoms with Gasteiger partial charge < -0.3 is 9.84 Å². The summed E-state index contributed by atoms with van der Waals surface area (Å²) in [7, 11) is 1.34. The SMILES string of the molecule is COC(=O)[C@H](C(C)C)[C@H](O)c1ccccc1. The van der Waals surface area contributed by atoms with E-state index in [-0.39, 0.29) is 11.9 Å². The van der Waals surface area contributed by atoms with Crippen LogP contribution in [0.1, 0.15) is 25.5 Å². The van der Waals surface area contributed by atoms with Crippen LogP contribution in [-0.2, 0) is 9.53 Å². The molecule has 1 N–H and O–H groups in total. The number of ether oxygens (including phenoxy) is 1. The monoisotopic (exact) mass is 222 g/mol. The lowest BCUT2D eigenvalue weighted by Crippen LogP contribution is -2.28. The zero-order valence-electron chi connectivity index (χ0n) is 9.88. The molecule has 0 saturated heterocycles. The third kappa shape index (κ3) is 2.83. The molecule has 0 unspecified atom stereocenters. The van der Waals surface area contributed by atoms with E-state index in [2.05, 4.69) is 0 Å². The van der Waals surface area contributed by atoms with Gasteiger partial charge in [-0.25, -0.2) is 0 Å². The van der Waals surface area contributed by atoms with E-state index in [1.165, 1.54) is 7.11 Å². The molecule has 3 nitrogen and oxygen atoms in total. The highest BCUT2D eigenvalue weighted by atomic mass is 16.5.